The zero-order chi connectivity index (χ0) is 7.28. The lowest BCUT2D eigenvalue weighted by Crippen LogP contribution is -2.05. The molecule has 1 N–H and O–H groups in total. The van der Waals surface area contributed by atoms with Gasteiger partial charge in [-0.05, 0) is 19.9 Å². The van der Waals surface area contributed by atoms with E-state index >= 15 is 0 Å². The van der Waals surface area contributed by atoms with Crippen LogP contribution in [0.4, 0.5) is 0 Å². The largest absolute Gasteiger partial charge is 0.363 e. The number of allylic oxidation sites excluding steroid dienone is 4. The molecule has 0 rings (SSSR count). The van der Waals surface area contributed by atoms with Crippen LogP contribution in [0.25, 0.3) is 0 Å². The van der Waals surface area contributed by atoms with Crippen molar-refractivity contribution in [3.63, 3.8) is 0 Å². The van der Waals surface area contributed by atoms with Gasteiger partial charge in [0.1, 0.15) is 0 Å². The monoisotopic (exact) mass is 123 g/mol. The molecule has 0 heterocycles. The maximum Gasteiger partial charge on any atom is 0.0116 e. The molecule has 0 aromatic heterocycles. The Bertz CT molecular complexity index is 143. The van der Waals surface area contributed by atoms with Gasteiger partial charge >= 0.3 is 0 Å². The van der Waals surface area contributed by atoms with Crippen molar-refractivity contribution in [3.05, 3.63) is 36.7 Å². The fraction of sp³-hybridized carbons (Fsp3) is 0.250. The van der Waals surface area contributed by atoms with Crippen LogP contribution in [0, 0.1) is 0 Å². The van der Waals surface area contributed by atoms with E-state index in [-0.39, 0.29) is 0 Å². The fourth-order valence-electron chi connectivity index (χ4n) is 0.555. The summed E-state index contributed by atoms with van der Waals surface area (Å²) >= 11 is 0. The third-order valence-electron chi connectivity index (χ3n) is 0.778. The lowest BCUT2D eigenvalue weighted by atomic mass is 10.4. The summed E-state index contributed by atoms with van der Waals surface area (Å²) in [6.45, 7) is 11.1. The molecule has 0 saturated carbocycles. The molecule has 0 aliphatic rings. The standard InChI is InChI=1S/C8H13N/c1-5-6-8(4)9-7(2)3/h5-6,9H,1-2H2,3-4H3/b8-6+. The zero-order valence-electron chi connectivity index (χ0n) is 6.07. The van der Waals surface area contributed by atoms with Crippen LogP contribution in [-0.2, 0) is 0 Å². The van der Waals surface area contributed by atoms with Crippen molar-refractivity contribution in [2.45, 2.75) is 13.8 Å². The van der Waals surface area contributed by atoms with Crippen LogP contribution < -0.4 is 5.32 Å². The summed E-state index contributed by atoms with van der Waals surface area (Å²) in [7, 11) is 0. The molecule has 0 aliphatic heterocycles. The topological polar surface area (TPSA) is 12.0 Å². The predicted molar refractivity (Wildman–Crippen MR) is 41.9 cm³/mol. The Morgan fingerprint density at radius 1 is 1.44 bits per heavy atom. The Hall–Kier alpha value is -0.980. The van der Waals surface area contributed by atoms with Crippen molar-refractivity contribution in [2.24, 2.45) is 0 Å². The van der Waals surface area contributed by atoms with Crippen molar-refractivity contribution in [1.29, 1.82) is 0 Å². The van der Waals surface area contributed by atoms with Crippen LogP contribution in [0.3, 0.4) is 0 Å². The quantitative estimate of drug-likeness (QED) is 0.567. The lowest BCUT2D eigenvalue weighted by Gasteiger charge is -2.02. The van der Waals surface area contributed by atoms with E-state index in [0.717, 1.165) is 11.4 Å². The van der Waals surface area contributed by atoms with E-state index < -0.39 is 0 Å². The second-order valence-electron chi connectivity index (χ2n) is 1.99. The van der Waals surface area contributed by atoms with E-state index in [1.54, 1.807) is 6.08 Å². The Morgan fingerprint density at radius 3 is 2.33 bits per heavy atom. The molecule has 0 aliphatic carbocycles. The average Bonchev–Trinajstić information content (AvgIpc) is 1.63. The highest BCUT2D eigenvalue weighted by Gasteiger charge is 1.82. The van der Waals surface area contributed by atoms with Crippen molar-refractivity contribution in [1.82, 2.24) is 5.32 Å². The van der Waals surface area contributed by atoms with Crippen molar-refractivity contribution < 1.29 is 0 Å². The summed E-state index contributed by atoms with van der Waals surface area (Å²) in [5, 5.41) is 3.04. The highest BCUT2D eigenvalue weighted by molar-refractivity contribution is 5.10. The van der Waals surface area contributed by atoms with Crippen molar-refractivity contribution in [2.75, 3.05) is 0 Å². The molecule has 0 amide bonds. The Balaban J connectivity index is 3.75. The molecule has 0 aromatic rings. The SMILES string of the molecule is C=C/C=C(\C)NC(=C)C. The normalized spacial score (nSPS) is 10.7. The summed E-state index contributed by atoms with van der Waals surface area (Å²) in [5.74, 6) is 0. The minimum absolute atomic E-state index is 0.950. The van der Waals surface area contributed by atoms with Crippen molar-refractivity contribution >= 4 is 0 Å². The molecule has 1 heteroatoms. The molecule has 0 radical (unpaired) electrons. The van der Waals surface area contributed by atoms with E-state index in [9.17, 15) is 0 Å². The summed E-state index contributed by atoms with van der Waals surface area (Å²) in [6.07, 6.45) is 3.64. The number of hydrogen-bond acceptors (Lipinski definition) is 1. The minimum atomic E-state index is 0.950. The van der Waals surface area contributed by atoms with E-state index in [4.69, 9.17) is 0 Å². The smallest absolute Gasteiger partial charge is 0.0116 e. The molecule has 50 valence electrons. The first-order valence-corrected chi connectivity index (χ1v) is 2.88. The Kier molecular flexibility index (Phi) is 3.52. The first kappa shape index (κ1) is 8.02. The van der Waals surface area contributed by atoms with Crippen molar-refractivity contribution in [3.8, 4) is 0 Å². The van der Waals surface area contributed by atoms with E-state index in [1.807, 2.05) is 19.9 Å². The molecule has 0 unspecified atom stereocenters. The molecule has 0 bridgehead atoms. The average molecular weight is 123 g/mol. The van der Waals surface area contributed by atoms with Gasteiger partial charge in [-0.1, -0.05) is 19.2 Å². The van der Waals surface area contributed by atoms with Gasteiger partial charge < -0.3 is 5.32 Å². The summed E-state index contributed by atoms with van der Waals surface area (Å²) in [6, 6.07) is 0. The molecular formula is C8H13N. The van der Waals surface area contributed by atoms with Gasteiger partial charge in [0.25, 0.3) is 0 Å². The molecule has 0 atom stereocenters. The first-order chi connectivity index (χ1) is 4.16. The first-order valence-electron chi connectivity index (χ1n) is 2.88. The summed E-state index contributed by atoms with van der Waals surface area (Å²) < 4.78 is 0. The van der Waals surface area contributed by atoms with Crippen LogP contribution in [-0.4, -0.2) is 0 Å². The van der Waals surface area contributed by atoms with Gasteiger partial charge in [-0.25, -0.2) is 0 Å². The molecular weight excluding hydrogens is 110 g/mol. The van der Waals surface area contributed by atoms with Crippen LogP contribution in [0.15, 0.2) is 36.7 Å². The Morgan fingerprint density at radius 2 is 2.00 bits per heavy atom. The maximum absolute atomic E-state index is 3.69. The van der Waals surface area contributed by atoms with Gasteiger partial charge in [-0.3, -0.25) is 0 Å². The van der Waals surface area contributed by atoms with E-state index in [2.05, 4.69) is 18.5 Å². The van der Waals surface area contributed by atoms with Crippen LogP contribution in [0.2, 0.25) is 0 Å². The summed E-state index contributed by atoms with van der Waals surface area (Å²) in [4.78, 5) is 0. The summed E-state index contributed by atoms with van der Waals surface area (Å²) in [5.41, 5.74) is 2.02. The van der Waals surface area contributed by atoms with Gasteiger partial charge in [0.15, 0.2) is 0 Å². The van der Waals surface area contributed by atoms with E-state index in [0.29, 0.717) is 0 Å². The lowest BCUT2D eigenvalue weighted by molar-refractivity contribution is 0.975. The highest BCUT2D eigenvalue weighted by atomic mass is 14.9. The molecule has 0 aromatic carbocycles. The minimum Gasteiger partial charge on any atom is -0.363 e. The van der Waals surface area contributed by atoms with Gasteiger partial charge in [-0.15, -0.1) is 0 Å². The molecule has 0 spiro atoms. The second kappa shape index (κ2) is 3.96. The molecule has 1 nitrogen and oxygen atoms in total. The van der Waals surface area contributed by atoms with Crippen LogP contribution in [0.1, 0.15) is 13.8 Å². The van der Waals surface area contributed by atoms with E-state index in [1.165, 1.54) is 0 Å². The maximum atomic E-state index is 3.69. The number of hydrogen-bond donors (Lipinski definition) is 1. The second-order valence-corrected chi connectivity index (χ2v) is 1.99. The van der Waals surface area contributed by atoms with Gasteiger partial charge in [0.2, 0.25) is 0 Å². The Labute approximate surface area is 56.8 Å². The van der Waals surface area contributed by atoms with Crippen LogP contribution >= 0.6 is 0 Å². The third-order valence-corrected chi connectivity index (χ3v) is 0.778. The molecule has 0 fully saturated rings. The number of nitrogens with one attached hydrogen (secondary N) is 1. The fourth-order valence-corrected chi connectivity index (χ4v) is 0.555. The zero-order valence-corrected chi connectivity index (χ0v) is 6.07. The molecule has 0 saturated heterocycles. The van der Waals surface area contributed by atoms with Crippen LogP contribution in [0.5, 0.6) is 0 Å². The molecule has 9 heavy (non-hydrogen) atoms. The predicted octanol–water partition coefficient (Wildman–Crippen LogP) is 2.20. The highest BCUT2D eigenvalue weighted by Crippen LogP contribution is 1.90. The third kappa shape index (κ3) is 4.88. The van der Waals surface area contributed by atoms with Gasteiger partial charge in [-0.2, -0.15) is 0 Å². The number of rotatable bonds is 3. The van der Waals surface area contributed by atoms with Gasteiger partial charge in [0.05, 0.1) is 0 Å². The van der Waals surface area contributed by atoms with Gasteiger partial charge in [0, 0.05) is 11.4 Å².